The number of fused-ring (bicyclic) bond motifs is 1. The number of aromatic nitrogens is 1. The Balaban J connectivity index is 1.39. The molecule has 0 bridgehead atoms. The lowest BCUT2D eigenvalue weighted by atomic mass is 10.0. The lowest BCUT2D eigenvalue weighted by Crippen LogP contribution is -2.48. The zero-order chi connectivity index (χ0) is 27.2. The first-order valence-corrected chi connectivity index (χ1v) is 14.4. The van der Waals surface area contributed by atoms with E-state index in [0.29, 0.717) is 36.5 Å². The third kappa shape index (κ3) is 6.78. The van der Waals surface area contributed by atoms with Gasteiger partial charge in [-0.25, -0.2) is 8.42 Å². The van der Waals surface area contributed by atoms with Crippen molar-refractivity contribution < 1.29 is 13.2 Å². The molecule has 0 spiro atoms. The number of hydrogen-bond acceptors (Lipinski definition) is 5. The highest BCUT2D eigenvalue weighted by Gasteiger charge is 2.34. The molecule has 0 saturated heterocycles. The summed E-state index contributed by atoms with van der Waals surface area (Å²) in [6.45, 7) is 7.95. The van der Waals surface area contributed by atoms with Crippen LogP contribution < -0.4 is 4.74 Å². The van der Waals surface area contributed by atoms with E-state index in [1.54, 1.807) is 34.9 Å². The van der Waals surface area contributed by atoms with Crippen LogP contribution in [-0.4, -0.2) is 61.4 Å². The Kier molecular flexibility index (Phi) is 8.82. The smallest absolute Gasteiger partial charge is 0.244 e. The molecule has 0 amide bonds. The number of likely N-dealkylation sites (N-methyl/N-ethyl adjacent to an activating group) is 1. The largest absolute Gasteiger partial charge is 0.492 e. The minimum Gasteiger partial charge on any atom is -0.492 e. The molecule has 4 rings (SSSR count). The maximum atomic E-state index is 13.9. The molecular weight excluding hydrogens is 494 g/mol. The predicted molar refractivity (Wildman–Crippen MR) is 154 cm³/mol. The molecule has 38 heavy (non-hydrogen) atoms. The summed E-state index contributed by atoms with van der Waals surface area (Å²) in [4.78, 5) is 6.56. The minimum atomic E-state index is -3.73. The van der Waals surface area contributed by atoms with Crippen LogP contribution in [0.25, 0.3) is 10.8 Å². The number of ether oxygens (including phenoxy) is 1. The topological polar surface area (TPSA) is 62.7 Å². The average molecular weight is 532 g/mol. The second-order valence-electron chi connectivity index (χ2n) is 10.5. The van der Waals surface area contributed by atoms with Crippen LogP contribution in [-0.2, 0) is 16.4 Å². The lowest BCUT2D eigenvalue weighted by Gasteiger charge is -2.35. The zero-order valence-corrected chi connectivity index (χ0v) is 23.5. The molecule has 1 heterocycles. The SMILES string of the molecule is CN(CCOc1ccccc1Cc1ccccc1)CCN(C(C)(C)C)S(=O)(=O)c1cccc2cnccc12. The normalized spacial score (nSPS) is 12.4. The highest BCUT2D eigenvalue weighted by atomic mass is 32.2. The molecule has 0 aliphatic carbocycles. The van der Waals surface area contributed by atoms with Gasteiger partial charge in [-0.1, -0.05) is 60.7 Å². The van der Waals surface area contributed by atoms with Gasteiger partial charge in [-0.15, -0.1) is 0 Å². The number of pyridine rings is 1. The van der Waals surface area contributed by atoms with Crippen molar-refractivity contribution in [2.45, 2.75) is 37.6 Å². The van der Waals surface area contributed by atoms with Crippen molar-refractivity contribution in [3.63, 3.8) is 0 Å². The first-order valence-electron chi connectivity index (χ1n) is 12.9. The van der Waals surface area contributed by atoms with Gasteiger partial charge in [0.2, 0.25) is 10.0 Å². The molecule has 0 aliphatic rings. The molecule has 3 aromatic carbocycles. The molecule has 0 aliphatic heterocycles. The van der Waals surface area contributed by atoms with Crippen LogP contribution in [0.3, 0.4) is 0 Å². The number of rotatable bonds is 11. The summed E-state index contributed by atoms with van der Waals surface area (Å²) in [6.07, 6.45) is 4.14. The van der Waals surface area contributed by atoms with E-state index in [-0.39, 0.29) is 0 Å². The van der Waals surface area contributed by atoms with E-state index in [9.17, 15) is 8.42 Å². The molecule has 0 radical (unpaired) electrons. The van der Waals surface area contributed by atoms with Gasteiger partial charge in [0.05, 0.1) is 4.90 Å². The number of para-hydroxylation sites is 1. The molecule has 0 unspecified atom stereocenters. The van der Waals surface area contributed by atoms with Gasteiger partial charge in [-0.2, -0.15) is 4.31 Å². The maximum absolute atomic E-state index is 13.9. The summed E-state index contributed by atoms with van der Waals surface area (Å²) in [5.41, 5.74) is 1.81. The summed E-state index contributed by atoms with van der Waals surface area (Å²) in [7, 11) is -1.74. The summed E-state index contributed by atoms with van der Waals surface area (Å²) in [5, 5.41) is 1.50. The van der Waals surface area contributed by atoms with E-state index >= 15 is 0 Å². The van der Waals surface area contributed by atoms with Crippen molar-refractivity contribution in [1.29, 1.82) is 0 Å². The van der Waals surface area contributed by atoms with Gasteiger partial charge in [0.25, 0.3) is 0 Å². The van der Waals surface area contributed by atoms with Gasteiger partial charge in [0.1, 0.15) is 12.4 Å². The highest BCUT2D eigenvalue weighted by molar-refractivity contribution is 7.89. The van der Waals surface area contributed by atoms with Crippen molar-refractivity contribution in [2.24, 2.45) is 0 Å². The quantitative estimate of drug-likeness (QED) is 0.251. The second-order valence-corrected chi connectivity index (χ2v) is 12.4. The Bertz CT molecular complexity index is 1440. The van der Waals surface area contributed by atoms with E-state index < -0.39 is 15.6 Å². The third-order valence-electron chi connectivity index (χ3n) is 6.58. The monoisotopic (exact) mass is 531 g/mol. The number of hydrogen-bond donors (Lipinski definition) is 0. The summed E-state index contributed by atoms with van der Waals surface area (Å²) in [6, 6.07) is 25.6. The number of nitrogens with zero attached hydrogens (tertiary/aromatic N) is 3. The van der Waals surface area contributed by atoms with Gasteiger partial charge >= 0.3 is 0 Å². The molecule has 0 atom stereocenters. The van der Waals surface area contributed by atoms with Crippen molar-refractivity contribution in [1.82, 2.24) is 14.2 Å². The van der Waals surface area contributed by atoms with Crippen LogP contribution in [0.2, 0.25) is 0 Å². The first-order chi connectivity index (χ1) is 18.2. The van der Waals surface area contributed by atoms with Crippen molar-refractivity contribution >= 4 is 20.8 Å². The Hall–Kier alpha value is -3.26. The van der Waals surface area contributed by atoms with Crippen molar-refractivity contribution in [3.8, 4) is 5.75 Å². The standard InChI is InChI=1S/C31H37N3O3S/c1-31(2,3)34(38(35,36)30-16-10-14-27-24-32-18-17-28(27)30)20-19-33(4)21-22-37-29-15-9-8-13-26(29)23-25-11-6-5-7-12-25/h5-18,24H,19-23H2,1-4H3. The highest BCUT2D eigenvalue weighted by Crippen LogP contribution is 2.29. The van der Waals surface area contributed by atoms with Crippen LogP contribution >= 0.6 is 0 Å². The fourth-order valence-electron chi connectivity index (χ4n) is 4.54. The van der Waals surface area contributed by atoms with E-state index in [0.717, 1.165) is 23.1 Å². The van der Waals surface area contributed by atoms with Gasteiger partial charge in [0.15, 0.2) is 0 Å². The number of sulfonamides is 1. The molecule has 7 heteroatoms. The summed E-state index contributed by atoms with van der Waals surface area (Å²) < 4.78 is 35.5. The predicted octanol–water partition coefficient (Wildman–Crippen LogP) is 5.63. The van der Waals surface area contributed by atoms with Gasteiger partial charge in [-0.05, 0) is 57.1 Å². The fraction of sp³-hybridized carbons (Fsp3) is 0.323. The average Bonchev–Trinajstić information content (AvgIpc) is 2.89. The van der Waals surface area contributed by atoms with Gasteiger partial charge in [0, 0.05) is 54.8 Å². The molecule has 0 saturated carbocycles. The van der Waals surface area contributed by atoms with Crippen LogP contribution in [0.15, 0.2) is 96.2 Å². The Morgan fingerprint density at radius 1 is 0.842 bits per heavy atom. The molecule has 4 aromatic rings. The molecular formula is C31H37N3O3S. The van der Waals surface area contributed by atoms with E-state index in [1.165, 1.54) is 5.56 Å². The Morgan fingerprint density at radius 2 is 1.58 bits per heavy atom. The van der Waals surface area contributed by atoms with E-state index in [1.807, 2.05) is 70.3 Å². The lowest BCUT2D eigenvalue weighted by molar-refractivity contribution is 0.194. The van der Waals surface area contributed by atoms with Crippen molar-refractivity contribution in [2.75, 3.05) is 33.3 Å². The first kappa shape index (κ1) is 27.8. The molecule has 1 aromatic heterocycles. The van der Waals surface area contributed by atoms with Crippen LogP contribution in [0.1, 0.15) is 31.9 Å². The van der Waals surface area contributed by atoms with Gasteiger partial charge < -0.3 is 9.64 Å². The van der Waals surface area contributed by atoms with E-state index in [4.69, 9.17) is 4.74 Å². The van der Waals surface area contributed by atoms with Gasteiger partial charge in [-0.3, -0.25) is 4.98 Å². The maximum Gasteiger partial charge on any atom is 0.244 e. The minimum absolute atomic E-state index is 0.313. The molecule has 0 N–H and O–H groups in total. The second kappa shape index (κ2) is 12.1. The molecule has 200 valence electrons. The van der Waals surface area contributed by atoms with Crippen molar-refractivity contribution in [3.05, 3.63) is 102 Å². The van der Waals surface area contributed by atoms with Crippen LogP contribution in [0.5, 0.6) is 5.75 Å². The summed E-state index contributed by atoms with van der Waals surface area (Å²) in [5.74, 6) is 0.883. The Morgan fingerprint density at radius 3 is 2.34 bits per heavy atom. The molecule has 0 fully saturated rings. The van der Waals surface area contributed by atoms with Crippen LogP contribution in [0.4, 0.5) is 0 Å². The molecule has 6 nitrogen and oxygen atoms in total. The number of benzene rings is 3. The summed E-state index contributed by atoms with van der Waals surface area (Å²) >= 11 is 0. The zero-order valence-electron chi connectivity index (χ0n) is 22.7. The fourth-order valence-corrected chi connectivity index (χ4v) is 6.54. The Labute approximate surface area is 226 Å². The van der Waals surface area contributed by atoms with Crippen LogP contribution in [0, 0.1) is 0 Å². The van der Waals surface area contributed by atoms with E-state index in [2.05, 4.69) is 28.1 Å². The third-order valence-corrected chi connectivity index (χ3v) is 8.80.